The van der Waals surface area contributed by atoms with Gasteiger partial charge in [-0.2, -0.15) is 0 Å². The van der Waals surface area contributed by atoms with Crippen LogP contribution in [-0.2, 0) is 11.3 Å². The van der Waals surface area contributed by atoms with E-state index in [9.17, 15) is 9.59 Å². The summed E-state index contributed by atoms with van der Waals surface area (Å²) in [4.78, 5) is 26.4. The monoisotopic (exact) mass is 219 g/mol. The number of carbonyl (C=O) groups excluding carboxylic acids is 2. The molecule has 1 saturated carbocycles. The van der Waals surface area contributed by atoms with Gasteiger partial charge in [0.25, 0.3) is 0 Å². The number of hydrogen-bond donors (Lipinski definition) is 2. The molecule has 0 radical (unpaired) electrons. The zero-order valence-corrected chi connectivity index (χ0v) is 8.77. The van der Waals surface area contributed by atoms with Crippen LogP contribution in [0, 0.1) is 5.92 Å². The fourth-order valence-electron chi connectivity index (χ4n) is 1.29. The first kappa shape index (κ1) is 10.6. The average molecular weight is 219 g/mol. The molecule has 0 aliphatic heterocycles. The Morgan fingerprint density at radius 2 is 2.00 bits per heavy atom. The first-order chi connectivity index (χ1) is 7.75. The van der Waals surface area contributed by atoms with Crippen molar-refractivity contribution >= 4 is 11.9 Å². The molecule has 0 atom stereocenters. The van der Waals surface area contributed by atoms with Gasteiger partial charge in [-0.05, 0) is 30.5 Å². The third kappa shape index (κ3) is 3.05. The van der Waals surface area contributed by atoms with Gasteiger partial charge < -0.3 is 5.32 Å². The molecule has 0 saturated heterocycles. The van der Waals surface area contributed by atoms with E-state index < -0.39 is 6.03 Å². The zero-order valence-electron chi connectivity index (χ0n) is 8.77. The van der Waals surface area contributed by atoms with E-state index in [1.54, 1.807) is 12.4 Å². The maximum Gasteiger partial charge on any atom is 0.321 e. The van der Waals surface area contributed by atoms with Crippen molar-refractivity contribution in [3.63, 3.8) is 0 Å². The fraction of sp³-hybridized carbons (Fsp3) is 0.364. The fourth-order valence-corrected chi connectivity index (χ4v) is 1.29. The lowest BCUT2D eigenvalue weighted by atomic mass is 10.3. The number of urea groups is 1. The number of aromatic nitrogens is 1. The highest BCUT2D eigenvalue weighted by Crippen LogP contribution is 2.28. The van der Waals surface area contributed by atoms with Gasteiger partial charge in [0, 0.05) is 24.9 Å². The number of amides is 3. The van der Waals surface area contributed by atoms with Crippen LogP contribution in [0.15, 0.2) is 24.5 Å². The summed E-state index contributed by atoms with van der Waals surface area (Å²) in [6.45, 7) is 0.395. The van der Waals surface area contributed by atoms with Crippen molar-refractivity contribution in [2.75, 3.05) is 0 Å². The molecule has 1 heterocycles. The van der Waals surface area contributed by atoms with Crippen molar-refractivity contribution in [2.24, 2.45) is 5.92 Å². The maximum atomic E-state index is 11.3. The summed E-state index contributed by atoms with van der Waals surface area (Å²) in [6, 6.07) is 3.18. The average Bonchev–Trinajstić information content (AvgIpc) is 3.11. The van der Waals surface area contributed by atoms with Crippen LogP contribution in [0.4, 0.5) is 4.79 Å². The number of imide groups is 1. The summed E-state index contributed by atoms with van der Waals surface area (Å²) in [5.74, 6) is -0.126. The Morgan fingerprint density at radius 3 is 2.62 bits per heavy atom. The number of hydrogen-bond acceptors (Lipinski definition) is 3. The minimum Gasteiger partial charge on any atom is -0.334 e. The third-order valence-corrected chi connectivity index (χ3v) is 2.39. The molecule has 2 N–H and O–H groups in total. The topological polar surface area (TPSA) is 71.1 Å². The van der Waals surface area contributed by atoms with Crippen LogP contribution in [0.2, 0.25) is 0 Å². The van der Waals surface area contributed by atoms with E-state index in [0.717, 1.165) is 18.4 Å². The van der Waals surface area contributed by atoms with E-state index in [-0.39, 0.29) is 11.8 Å². The largest absolute Gasteiger partial charge is 0.334 e. The molecule has 3 amide bonds. The predicted molar refractivity (Wildman–Crippen MR) is 57.3 cm³/mol. The Labute approximate surface area is 93.3 Å². The van der Waals surface area contributed by atoms with E-state index in [2.05, 4.69) is 15.6 Å². The Balaban J connectivity index is 1.73. The Bertz CT molecular complexity index is 387. The minimum absolute atomic E-state index is 0.0478. The normalized spacial score (nSPS) is 14.2. The molecule has 5 heteroatoms. The first-order valence-electron chi connectivity index (χ1n) is 5.23. The van der Waals surface area contributed by atoms with Crippen molar-refractivity contribution in [2.45, 2.75) is 19.4 Å². The maximum absolute atomic E-state index is 11.3. The summed E-state index contributed by atoms with van der Waals surface area (Å²) in [5, 5.41) is 4.92. The van der Waals surface area contributed by atoms with Crippen LogP contribution < -0.4 is 10.6 Å². The van der Waals surface area contributed by atoms with Crippen LogP contribution >= 0.6 is 0 Å². The van der Waals surface area contributed by atoms with Crippen molar-refractivity contribution in [3.05, 3.63) is 30.1 Å². The lowest BCUT2D eigenvalue weighted by Crippen LogP contribution is -2.39. The molecule has 2 rings (SSSR count). The molecular formula is C11H13N3O2. The summed E-state index contributed by atoms with van der Waals surface area (Å²) in [7, 11) is 0. The predicted octanol–water partition coefficient (Wildman–Crippen LogP) is 0.817. The molecule has 16 heavy (non-hydrogen) atoms. The summed E-state index contributed by atoms with van der Waals surface area (Å²) in [6.07, 6.45) is 5.10. The molecule has 1 aliphatic carbocycles. The summed E-state index contributed by atoms with van der Waals surface area (Å²) in [5.41, 5.74) is 0.948. The molecule has 0 aromatic carbocycles. The molecule has 1 aromatic heterocycles. The molecule has 84 valence electrons. The minimum atomic E-state index is -0.436. The van der Waals surface area contributed by atoms with Crippen LogP contribution in [-0.4, -0.2) is 16.9 Å². The second-order valence-corrected chi connectivity index (χ2v) is 3.80. The molecule has 0 spiro atoms. The van der Waals surface area contributed by atoms with Crippen molar-refractivity contribution in [1.29, 1.82) is 0 Å². The SMILES string of the molecule is O=C(NCc1ccncc1)NC(=O)C1CC1. The van der Waals surface area contributed by atoms with Crippen molar-refractivity contribution < 1.29 is 9.59 Å². The highest BCUT2D eigenvalue weighted by Gasteiger charge is 2.30. The highest BCUT2D eigenvalue weighted by molar-refractivity contribution is 5.96. The van der Waals surface area contributed by atoms with Gasteiger partial charge in [-0.3, -0.25) is 15.1 Å². The molecule has 1 aromatic rings. The van der Waals surface area contributed by atoms with Gasteiger partial charge in [-0.1, -0.05) is 0 Å². The molecule has 0 bridgehead atoms. The van der Waals surface area contributed by atoms with Crippen LogP contribution in [0.25, 0.3) is 0 Å². The Kier molecular flexibility index (Phi) is 3.14. The standard InChI is InChI=1S/C11H13N3O2/c15-10(9-1-2-9)14-11(16)13-7-8-3-5-12-6-4-8/h3-6,9H,1-2,7H2,(H2,13,14,15,16). The number of pyridine rings is 1. The van der Waals surface area contributed by atoms with Gasteiger partial charge >= 0.3 is 6.03 Å². The van der Waals surface area contributed by atoms with E-state index >= 15 is 0 Å². The molecule has 1 aliphatic rings. The lowest BCUT2D eigenvalue weighted by Gasteiger charge is -2.05. The van der Waals surface area contributed by atoms with Gasteiger partial charge in [0.2, 0.25) is 5.91 Å². The van der Waals surface area contributed by atoms with Crippen molar-refractivity contribution in [3.8, 4) is 0 Å². The molecule has 0 unspecified atom stereocenters. The van der Waals surface area contributed by atoms with Gasteiger partial charge in [0.15, 0.2) is 0 Å². The van der Waals surface area contributed by atoms with E-state index in [0.29, 0.717) is 6.54 Å². The van der Waals surface area contributed by atoms with Crippen LogP contribution in [0.1, 0.15) is 18.4 Å². The van der Waals surface area contributed by atoms with Gasteiger partial charge in [-0.25, -0.2) is 4.79 Å². The second kappa shape index (κ2) is 4.74. The number of nitrogens with one attached hydrogen (secondary N) is 2. The summed E-state index contributed by atoms with van der Waals surface area (Å²) >= 11 is 0. The number of nitrogens with zero attached hydrogens (tertiary/aromatic N) is 1. The van der Waals surface area contributed by atoms with Gasteiger partial charge in [0.05, 0.1) is 0 Å². The Morgan fingerprint density at radius 1 is 1.31 bits per heavy atom. The van der Waals surface area contributed by atoms with E-state index in [1.807, 2.05) is 12.1 Å². The van der Waals surface area contributed by atoms with Crippen molar-refractivity contribution in [1.82, 2.24) is 15.6 Å². The molecular weight excluding hydrogens is 206 g/mol. The van der Waals surface area contributed by atoms with E-state index in [1.165, 1.54) is 0 Å². The van der Waals surface area contributed by atoms with Crippen LogP contribution in [0.3, 0.4) is 0 Å². The zero-order chi connectivity index (χ0) is 11.4. The molecule has 5 nitrogen and oxygen atoms in total. The van der Waals surface area contributed by atoms with Gasteiger partial charge in [0.1, 0.15) is 0 Å². The number of carbonyl (C=O) groups is 2. The quantitative estimate of drug-likeness (QED) is 0.790. The van der Waals surface area contributed by atoms with Crippen LogP contribution in [0.5, 0.6) is 0 Å². The summed E-state index contributed by atoms with van der Waals surface area (Å²) < 4.78 is 0. The lowest BCUT2D eigenvalue weighted by molar-refractivity contribution is -0.121. The molecule has 1 fully saturated rings. The first-order valence-corrected chi connectivity index (χ1v) is 5.23. The van der Waals surface area contributed by atoms with E-state index in [4.69, 9.17) is 0 Å². The highest BCUT2D eigenvalue weighted by atomic mass is 16.2. The van der Waals surface area contributed by atoms with Gasteiger partial charge in [-0.15, -0.1) is 0 Å². The second-order valence-electron chi connectivity index (χ2n) is 3.80. The number of rotatable bonds is 3. The Hall–Kier alpha value is -1.91. The third-order valence-electron chi connectivity index (χ3n) is 2.39. The smallest absolute Gasteiger partial charge is 0.321 e.